The van der Waals surface area contributed by atoms with E-state index in [-0.39, 0.29) is 0 Å². The maximum Gasteiger partial charge on any atom is 0.0422 e. The average molecular weight is 415 g/mol. The van der Waals surface area contributed by atoms with Crippen molar-refractivity contribution in [1.29, 1.82) is 0 Å². The van der Waals surface area contributed by atoms with Crippen LogP contribution in [0.3, 0.4) is 0 Å². The van der Waals surface area contributed by atoms with Crippen molar-refractivity contribution in [2.24, 2.45) is 0 Å². The van der Waals surface area contributed by atoms with Gasteiger partial charge in [-0.1, -0.05) is 66.7 Å². The van der Waals surface area contributed by atoms with Crippen LogP contribution >= 0.6 is 0 Å². The van der Waals surface area contributed by atoms with Gasteiger partial charge >= 0.3 is 0 Å². The Labute approximate surface area is 186 Å². The predicted molar refractivity (Wildman–Crippen MR) is 128 cm³/mol. The largest absolute Gasteiger partial charge is 0.314 e. The number of pyridine rings is 1. The highest BCUT2D eigenvalue weighted by atomic mass is 15.0. The molecule has 4 nitrogen and oxygen atoms in total. The van der Waals surface area contributed by atoms with Crippen LogP contribution in [0.25, 0.3) is 0 Å². The van der Waals surface area contributed by atoms with E-state index in [1.165, 1.54) is 22.5 Å². The molecule has 0 fully saturated rings. The Morgan fingerprint density at radius 2 is 1.06 bits per heavy atom. The highest BCUT2D eigenvalue weighted by Crippen LogP contribution is 2.12. The van der Waals surface area contributed by atoms with Gasteiger partial charge in [0.15, 0.2) is 0 Å². The zero-order valence-electron chi connectivity index (χ0n) is 18.3. The van der Waals surface area contributed by atoms with Gasteiger partial charge < -0.3 is 16.0 Å². The molecule has 0 aliphatic carbocycles. The summed E-state index contributed by atoms with van der Waals surface area (Å²) in [4.78, 5) is 5.05. The SMILES string of the molecule is c1ccc(CC2Cc3cccc(n3)CC(Cc3ccccc3)NCCNCCN2)cc1. The molecule has 2 heterocycles. The van der Waals surface area contributed by atoms with Crippen LogP contribution in [0.4, 0.5) is 0 Å². The van der Waals surface area contributed by atoms with Crippen LogP contribution in [0.2, 0.25) is 0 Å². The van der Waals surface area contributed by atoms with Crippen LogP contribution in [0.1, 0.15) is 22.5 Å². The van der Waals surface area contributed by atoms with E-state index in [0.717, 1.165) is 51.9 Å². The van der Waals surface area contributed by atoms with E-state index in [2.05, 4.69) is 94.8 Å². The van der Waals surface area contributed by atoms with Crippen molar-refractivity contribution >= 4 is 0 Å². The second-order valence-corrected chi connectivity index (χ2v) is 8.46. The molecule has 0 spiro atoms. The van der Waals surface area contributed by atoms with Crippen molar-refractivity contribution < 1.29 is 0 Å². The first kappa shape index (κ1) is 21.7. The molecule has 31 heavy (non-hydrogen) atoms. The quantitative estimate of drug-likeness (QED) is 0.614. The molecule has 0 saturated carbocycles. The monoisotopic (exact) mass is 414 g/mol. The minimum Gasteiger partial charge on any atom is -0.314 e. The summed E-state index contributed by atoms with van der Waals surface area (Å²) in [5, 5.41) is 11.1. The molecule has 3 N–H and O–H groups in total. The summed E-state index contributed by atoms with van der Waals surface area (Å²) < 4.78 is 0. The van der Waals surface area contributed by atoms with Crippen LogP contribution in [0, 0.1) is 0 Å². The fraction of sp³-hybridized carbons (Fsp3) is 0.370. The second-order valence-electron chi connectivity index (χ2n) is 8.46. The Balaban J connectivity index is 1.49. The van der Waals surface area contributed by atoms with Crippen LogP contribution in [-0.2, 0) is 25.7 Å². The van der Waals surface area contributed by atoms with E-state index in [1.54, 1.807) is 0 Å². The smallest absolute Gasteiger partial charge is 0.0422 e. The van der Waals surface area contributed by atoms with Gasteiger partial charge in [0.05, 0.1) is 0 Å². The van der Waals surface area contributed by atoms with Crippen LogP contribution in [0.15, 0.2) is 78.9 Å². The summed E-state index contributed by atoms with van der Waals surface area (Å²) in [5.74, 6) is 0. The third-order valence-corrected chi connectivity index (χ3v) is 5.89. The molecule has 162 valence electrons. The summed E-state index contributed by atoms with van der Waals surface area (Å²) in [6.45, 7) is 3.88. The Hall–Kier alpha value is -2.53. The first-order chi connectivity index (χ1) is 15.3. The van der Waals surface area contributed by atoms with Gasteiger partial charge in [-0.25, -0.2) is 0 Å². The normalized spacial score (nSPS) is 20.6. The molecule has 3 aromatic rings. The molecule has 0 saturated heterocycles. The fourth-order valence-electron chi connectivity index (χ4n) is 4.35. The predicted octanol–water partition coefficient (Wildman–Crippen LogP) is 3.17. The number of fused-ring (bicyclic) bond motifs is 2. The lowest BCUT2D eigenvalue weighted by Crippen LogP contribution is -2.42. The van der Waals surface area contributed by atoms with Crippen molar-refractivity contribution in [1.82, 2.24) is 20.9 Å². The molecular formula is C27H34N4. The van der Waals surface area contributed by atoms with Crippen molar-refractivity contribution in [2.75, 3.05) is 26.2 Å². The summed E-state index contributed by atoms with van der Waals surface area (Å²) in [5.41, 5.74) is 5.10. The molecule has 1 aliphatic heterocycles. The standard InChI is InChI=1S/C27H34N4/c1-3-8-22(9-4-1)18-26-20-24-12-7-13-25(31-24)21-27(19-23-10-5-2-6-11-23)30-17-15-28-14-16-29-26/h1-13,26-30H,14-21H2. The number of hydrogen-bond acceptors (Lipinski definition) is 4. The van der Waals surface area contributed by atoms with Crippen molar-refractivity contribution in [3.8, 4) is 0 Å². The first-order valence-corrected chi connectivity index (χ1v) is 11.6. The highest BCUT2D eigenvalue weighted by Gasteiger charge is 2.15. The summed E-state index contributed by atoms with van der Waals surface area (Å²) in [6.07, 6.45) is 3.93. The van der Waals surface area contributed by atoms with E-state index < -0.39 is 0 Å². The van der Waals surface area contributed by atoms with Gasteiger partial charge in [-0.3, -0.25) is 4.98 Å². The molecule has 2 atom stereocenters. The highest BCUT2D eigenvalue weighted by molar-refractivity contribution is 5.20. The Kier molecular flexibility index (Phi) is 8.22. The van der Waals surface area contributed by atoms with Gasteiger partial charge in [-0.15, -0.1) is 0 Å². The number of hydrogen-bond donors (Lipinski definition) is 3. The van der Waals surface area contributed by atoms with Gasteiger partial charge in [0.2, 0.25) is 0 Å². The number of aromatic nitrogens is 1. The molecule has 1 aromatic heterocycles. The van der Waals surface area contributed by atoms with Crippen LogP contribution < -0.4 is 16.0 Å². The third-order valence-electron chi connectivity index (χ3n) is 5.89. The topological polar surface area (TPSA) is 49.0 Å². The molecule has 2 bridgehead atoms. The lowest BCUT2D eigenvalue weighted by Gasteiger charge is -2.22. The van der Waals surface area contributed by atoms with E-state index in [1.807, 2.05) is 0 Å². The van der Waals surface area contributed by atoms with Gasteiger partial charge in [-0.05, 0) is 36.1 Å². The van der Waals surface area contributed by atoms with Crippen molar-refractivity contribution in [3.63, 3.8) is 0 Å². The third kappa shape index (κ3) is 7.28. The molecule has 0 radical (unpaired) electrons. The number of nitrogens with zero attached hydrogens (tertiary/aromatic N) is 1. The van der Waals surface area contributed by atoms with Crippen molar-refractivity contribution in [3.05, 3.63) is 101 Å². The zero-order valence-corrected chi connectivity index (χ0v) is 18.3. The fourth-order valence-corrected chi connectivity index (χ4v) is 4.35. The van der Waals surface area contributed by atoms with Crippen molar-refractivity contribution in [2.45, 2.75) is 37.8 Å². The molecule has 4 heteroatoms. The summed E-state index contributed by atoms with van der Waals surface area (Å²) in [7, 11) is 0. The van der Waals surface area contributed by atoms with E-state index in [0.29, 0.717) is 12.1 Å². The van der Waals surface area contributed by atoms with Gasteiger partial charge in [0.25, 0.3) is 0 Å². The summed E-state index contributed by atoms with van der Waals surface area (Å²) in [6, 6.07) is 28.8. The number of benzene rings is 2. The minimum absolute atomic E-state index is 0.383. The zero-order chi connectivity index (χ0) is 21.1. The lowest BCUT2D eigenvalue weighted by molar-refractivity contribution is 0.463. The maximum absolute atomic E-state index is 5.05. The molecule has 4 rings (SSSR count). The number of rotatable bonds is 4. The molecule has 2 unspecified atom stereocenters. The lowest BCUT2D eigenvalue weighted by atomic mass is 9.99. The van der Waals surface area contributed by atoms with E-state index in [4.69, 9.17) is 4.98 Å². The van der Waals surface area contributed by atoms with Gasteiger partial charge in [0.1, 0.15) is 0 Å². The molecular weight excluding hydrogens is 380 g/mol. The van der Waals surface area contributed by atoms with E-state index >= 15 is 0 Å². The van der Waals surface area contributed by atoms with Crippen LogP contribution in [-0.4, -0.2) is 43.2 Å². The maximum atomic E-state index is 5.05. The minimum atomic E-state index is 0.383. The molecule has 1 aliphatic rings. The molecule has 0 amide bonds. The molecule has 2 aromatic carbocycles. The number of nitrogens with one attached hydrogen (secondary N) is 3. The second kappa shape index (κ2) is 11.8. The Morgan fingerprint density at radius 3 is 1.55 bits per heavy atom. The van der Waals surface area contributed by atoms with Gasteiger partial charge in [0, 0.05) is 62.5 Å². The Bertz CT molecular complexity index is 827. The average Bonchev–Trinajstić information content (AvgIpc) is 2.79. The Morgan fingerprint density at radius 1 is 0.581 bits per heavy atom. The van der Waals surface area contributed by atoms with Crippen LogP contribution in [0.5, 0.6) is 0 Å². The summed E-state index contributed by atoms with van der Waals surface area (Å²) >= 11 is 0. The van der Waals surface area contributed by atoms with Gasteiger partial charge in [-0.2, -0.15) is 0 Å². The first-order valence-electron chi connectivity index (χ1n) is 11.6. The van der Waals surface area contributed by atoms with E-state index in [9.17, 15) is 0 Å².